The summed E-state index contributed by atoms with van der Waals surface area (Å²) >= 11 is 11.7. The molecule has 1 aliphatic heterocycles. The van der Waals surface area contributed by atoms with Gasteiger partial charge in [-0.15, -0.1) is 0 Å². The van der Waals surface area contributed by atoms with Gasteiger partial charge in [-0.05, 0) is 19.1 Å². The van der Waals surface area contributed by atoms with Crippen LogP contribution in [0.25, 0.3) is 0 Å². The highest BCUT2D eigenvalue weighted by Gasteiger charge is 2.26. The second-order valence-corrected chi connectivity index (χ2v) is 5.88. The Balaban J connectivity index is 1.83. The average molecular weight is 333 g/mol. The van der Waals surface area contributed by atoms with Gasteiger partial charge in [-0.1, -0.05) is 23.2 Å². The molecule has 0 saturated carbocycles. The van der Waals surface area contributed by atoms with Crippen molar-refractivity contribution in [3.05, 3.63) is 28.2 Å². The molecule has 1 aromatic rings. The van der Waals surface area contributed by atoms with E-state index in [-0.39, 0.29) is 11.8 Å². The van der Waals surface area contributed by atoms with Crippen LogP contribution in [0, 0.1) is 5.92 Å². The number of hydrogen-bond donors (Lipinski definition) is 3. The molecule has 1 saturated heterocycles. The molecule has 1 aliphatic rings. The van der Waals surface area contributed by atoms with E-state index >= 15 is 0 Å². The Kier molecular flexibility index (Phi) is 5.70. The summed E-state index contributed by atoms with van der Waals surface area (Å²) in [6, 6.07) is 4.84. The fourth-order valence-electron chi connectivity index (χ4n) is 2.11. The zero-order valence-corrected chi connectivity index (χ0v) is 13.1. The molecular formula is C14H18Cl2N2O3. The van der Waals surface area contributed by atoms with E-state index in [1.54, 1.807) is 25.1 Å². The van der Waals surface area contributed by atoms with E-state index in [0.29, 0.717) is 35.4 Å². The summed E-state index contributed by atoms with van der Waals surface area (Å²) in [5.74, 6) is 0.279. The number of nitrogens with one attached hydrogen (secondary N) is 2. The first-order chi connectivity index (χ1) is 9.97. The Labute approximate surface area is 133 Å². The molecule has 0 aliphatic carbocycles. The largest absolute Gasteiger partial charge is 0.481 e. The predicted octanol–water partition coefficient (Wildman–Crippen LogP) is 1.46. The van der Waals surface area contributed by atoms with Gasteiger partial charge in [0.25, 0.3) is 5.91 Å². The van der Waals surface area contributed by atoms with Crippen LogP contribution in [0.1, 0.15) is 6.92 Å². The summed E-state index contributed by atoms with van der Waals surface area (Å²) in [5, 5.41) is 16.3. The van der Waals surface area contributed by atoms with Crippen molar-refractivity contribution in [1.82, 2.24) is 10.6 Å². The first kappa shape index (κ1) is 16.4. The lowest BCUT2D eigenvalue weighted by molar-refractivity contribution is -0.127. The molecule has 21 heavy (non-hydrogen) atoms. The molecule has 1 aromatic carbocycles. The number of rotatable bonds is 5. The highest BCUT2D eigenvalue weighted by Crippen LogP contribution is 2.26. The lowest BCUT2D eigenvalue weighted by Crippen LogP contribution is -2.41. The standard InChI is InChI=1S/C14H18Cl2N2O3/c1-8(21-10-2-3-11(15)12(16)4-10)14(20)18-6-9-5-17-7-13(9)19/h2-4,8-9,13,17,19H,5-7H2,1H3,(H,18,20). The molecule has 0 radical (unpaired) electrons. The molecule has 5 nitrogen and oxygen atoms in total. The number of aliphatic hydroxyl groups excluding tert-OH is 1. The average Bonchev–Trinajstić information content (AvgIpc) is 2.85. The summed E-state index contributed by atoms with van der Waals surface area (Å²) in [6.45, 7) is 3.34. The third-order valence-electron chi connectivity index (χ3n) is 3.42. The minimum atomic E-state index is -0.659. The number of hydrogen-bond acceptors (Lipinski definition) is 4. The second kappa shape index (κ2) is 7.31. The molecule has 1 fully saturated rings. The molecule has 0 spiro atoms. The van der Waals surface area contributed by atoms with Crippen LogP contribution >= 0.6 is 23.2 Å². The van der Waals surface area contributed by atoms with Gasteiger partial charge in [-0.25, -0.2) is 0 Å². The van der Waals surface area contributed by atoms with Crippen LogP contribution in [0.5, 0.6) is 5.75 Å². The van der Waals surface area contributed by atoms with Crippen molar-refractivity contribution in [2.45, 2.75) is 19.1 Å². The van der Waals surface area contributed by atoms with Crippen molar-refractivity contribution in [1.29, 1.82) is 0 Å². The van der Waals surface area contributed by atoms with E-state index in [1.807, 2.05) is 0 Å². The van der Waals surface area contributed by atoms with Crippen LogP contribution in [0.15, 0.2) is 18.2 Å². The van der Waals surface area contributed by atoms with Gasteiger partial charge in [-0.2, -0.15) is 0 Å². The van der Waals surface area contributed by atoms with Gasteiger partial charge in [0.1, 0.15) is 5.75 Å². The van der Waals surface area contributed by atoms with E-state index in [4.69, 9.17) is 27.9 Å². The summed E-state index contributed by atoms with van der Waals surface area (Å²) in [6.07, 6.45) is -1.08. The normalized spacial score (nSPS) is 22.9. The third-order valence-corrected chi connectivity index (χ3v) is 4.15. The molecule has 3 unspecified atom stereocenters. The van der Waals surface area contributed by atoms with Crippen molar-refractivity contribution >= 4 is 29.1 Å². The summed E-state index contributed by atoms with van der Waals surface area (Å²) < 4.78 is 5.52. The van der Waals surface area contributed by atoms with E-state index in [9.17, 15) is 9.90 Å². The number of amides is 1. The van der Waals surface area contributed by atoms with Crippen molar-refractivity contribution in [3.63, 3.8) is 0 Å². The monoisotopic (exact) mass is 332 g/mol. The molecule has 1 amide bonds. The van der Waals surface area contributed by atoms with Crippen LogP contribution in [0.2, 0.25) is 10.0 Å². The summed E-state index contributed by atoms with van der Waals surface area (Å²) in [7, 11) is 0. The van der Waals surface area contributed by atoms with E-state index in [0.717, 1.165) is 0 Å². The maximum absolute atomic E-state index is 12.0. The van der Waals surface area contributed by atoms with Crippen LogP contribution < -0.4 is 15.4 Å². The summed E-state index contributed by atoms with van der Waals surface area (Å²) in [4.78, 5) is 12.0. The number of ether oxygens (including phenoxy) is 1. The van der Waals surface area contributed by atoms with Gasteiger partial charge in [-0.3, -0.25) is 4.79 Å². The smallest absolute Gasteiger partial charge is 0.260 e. The Bertz CT molecular complexity index is 513. The van der Waals surface area contributed by atoms with Gasteiger partial charge in [0.2, 0.25) is 0 Å². The molecule has 3 N–H and O–H groups in total. The number of carbonyl (C=O) groups excluding carboxylic acids is 1. The molecule has 0 bridgehead atoms. The molecule has 1 heterocycles. The first-order valence-electron chi connectivity index (χ1n) is 6.75. The highest BCUT2D eigenvalue weighted by atomic mass is 35.5. The lowest BCUT2D eigenvalue weighted by Gasteiger charge is -2.18. The van der Waals surface area contributed by atoms with Gasteiger partial charge in [0.05, 0.1) is 16.1 Å². The molecule has 7 heteroatoms. The second-order valence-electron chi connectivity index (χ2n) is 5.07. The highest BCUT2D eigenvalue weighted by molar-refractivity contribution is 6.42. The third kappa shape index (κ3) is 4.48. The van der Waals surface area contributed by atoms with Crippen LogP contribution in [0.4, 0.5) is 0 Å². The first-order valence-corrected chi connectivity index (χ1v) is 7.51. The predicted molar refractivity (Wildman–Crippen MR) is 81.9 cm³/mol. The van der Waals surface area contributed by atoms with Gasteiger partial charge in [0, 0.05) is 31.6 Å². The maximum atomic E-state index is 12.0. The Morgan fingerprint density at radius 1 is 1.48 bits per heavy atom. The van der Waals surface area contributed by atoms with Crippen LogP contribution in [-0.4, -0.2) is 42.9 Å². The summed E-state index contributed by atoms with van der Waals surface area (Å²) in [5.41, 5.74) is 0. The van der Waals surface area contributed by atoms with Crippen molar-refractivity contribution in [3.8, 4) is 5.75 Å². The molecule has 116 valence electrons. The SMILES string of the molecule is CC(Oc1ccc(Cl)c(Cl)c1)C(=O)NCC1CNCC1O. The number of carbonyl (C=O) groups is 1. The van der Waals surface area contributed by atoms with Crippen molar-refractivity contribution in [2.24, 2.45) is 5.92 Å². The lowest BCUT2D eigenvalue weighted by atomic mass is 10.1. The molecular weight excluding hydrogens is 315 g/mol. The van der Waals surface area contributed by atoms with Gasteiger partial charge in [0.15, 0.2) is 6.10 Å². The number of halogens is 2. The van der Waals surface area contributed by atoms with Gasteiger partial charge >= 0.3 is 0 Å². The molecule has 2 rings (SSSR count). The van der Waals surface area contributed by atoms with Gasteiger partial charge < -0.3 is 20.5 Å². The topological polar surface area (TPSA) is 70.6 Å². The fourth-order valence-corrected chi connectivity index (χ4v) is 2.40. The minimum Gasteiger partial charge on any atom is -0.481 e. The van der Waals surface area contributed by atoms with E-state index in [1.165, 1.54) is 0 Å². The van der Waals surface area contributed by atoms with Crippen molar-refractivity contribution < 1.29 is 14.6 Å². The zero-order chi connectivity index (χ0) is 15.4. The van der Waals surface area contributed by atoms with E-state index in [2.05, 4.69) is 10.6 Å². The fraction of sp³-hybridized carbons (Fsp3) is 0.500. The quantitative estimate of drug-likeness (QED) is 0.763. The maximum Gasteiger partial charge on any atom is 0.260 e. The van der Waals surface area contributed by atoms with Crippen LogP contribution in [-0.2, 0) is 4.79 Å². The minimum absolute atomic E-state index is 0.0335. The van der Waals surface area contributed by atoms with Crippen molar-refractivity contribution in [2.75, 3.05) is 19.6 Å². The molecule has 3 atom stereocenters. The Morgan fingerprint density at radius 3 is 2.86 bits per heavy atom. The van der Waals surface area contributed by atoms with E-state index < -0.39 is 12.2 Å². The zero-order valence-electron chi connectivity index (χ0n) is 11.6. The number of β-amino-alcohol motifs (C(OH)–C–C–N with tert-alkyl or cyclic N) is 1. The van der Waals surface area contributed by atoms with Crippen LogP contribution in [0.3, 0.4) is 0 Å². The number of benzene rings is 1. The number of aliphatic hydroxyl groups is 1. The Hall–Kier alpha value is -1.01. The Morgan fingerprint density at radius 2 is 2.24 bits per heavy atom. The molecule has 0 aromatic heterocycles.